The van der Waals surface area contributed by atoms with Gasteiger partial charge in [0.2, 0.25) is 0 Å². The van der Waals surface area contributed by atoms with Crippen molar-refractivity contribution in [2.24, 2.45) is 5.41 Å². The maximum absolute atomic E-state index is 12.5. The first-order valence-corrected chi connectivity index (χ1v) is 6.08. The molecule has 0 saturated heterocycles. The summed E-state index contributed by atoms with van der Waals surface area (Å²) in [7, 11) is 0. The molecule has 0 aromatic carbocycles. The van der Waals surface area contributed by atoms with Crippen molar-refractivity contribution in [1.29, 1.82) is 0 Å². The van der Waals surface area contributed by atoms with Gasteiger partial charge in [0, 0.05) is 17.5 Å². The molecule has 0 bridgehead atoms. The fraction of sp³-hybridized carbons (Fsp3) is 0.714. The number of carbonyl (C=O) groups excluding carboxylic acids is 2. The number of Topliss-reactive ketones (excluding diaryl/α,β-unsaturated/α-hetero) is 1. The summed E-state index contributed by atoms with van der Waals surface area (Å²) in [5, 5.41) is 0. The minimum absolute atomic E-state index is 0.00384. The first-order chi connectivity index (χ1) is 7.53. The first kappa shape index (κ1) is 13.9. The van der Waals surface area contributed by atoms with E-state index in [9.17, 15) is 9.59 Å². The fourth-order valence-corrected chi connectivity index (χ4v) is 1.93. The lowest BCUT2D eigenvalue weighted by atomic mass is 9.84. The Hall–Kier alpha value is -1.12. The van der Waals surface area contributed by atoms with Gasteiger partial charge in [0.1, 0.15) is 0 Å². The lowest BCUT2D eigenvalue weighted by Crippen LogP contribution is -2.48. The van der Waals surface area contributed by atoms with Crippen LogP contribution < -0.4 is 0 Å². The minimum Gasteiger partial charge on any atom is -0.327 e. The summed E-state index contributed by atoms with van der Waals surface area (Å²) < 4.78 is 0. The van der Waals surface area contributed by atoms with Crippen molar-refractivity contribution in [2.45, 2.75) is 53.5 Å². The zero-order chi connectivity index (χ0) is 13.4. The molecule has 1 rings (SSSR count). The van der Waals surface area contributed by atoms with Gasteiger partial charge in [-0.15, -0.1) is 0 Å². The molecule has 0 radical (unpaired) electrons. The van der Waals surface area contributed by atoms with Crippen LogP contribution in [-0.2, 0) is 9.59 Å². The molecule has 0 unspecified atom stereocenters. The maximum atomic E-state index is 12.5. The van der Waals surface area contributed by atoms with Crippen LogP contribution in [-0.4, -0.2) is 28.7 Å². The van der Waals surface area contributed by atoms with E-state index >= 15 is 0 Å². The number of carbonyl (C=O) groups is 2. The fourth-order valence-electron chi connectivity index (χ4n) is 1.93. The number of hydrogen-bond acceptors (Lipinski definition) is 2. The van der Waals surface area contributed by atoms with Crippen LogP contribution in [0.1, 0.15) is 48.0 Å². The van der Waals surface area contributed by atoms with Gasteiger partial charge in [-0.05, 0) is 26.2 Å². The number of nitrogens with zero attached hydrogens (tertiary/aromatic N) is 1. The largest absolute Gasteiger partial charge is 0.327 e. The van der Waals surface area contributed by atoms with E-state index in [1.165, 1.54) is 0 Å². The van der Waals surface area contributed by atoms with Crippen LogP contribution in [0.15, 0.2) is 11.6 Å². The number of rotatable bonds is 0. The summed E-state index contributed by atoms with van der Waals surface area (Å²) in [6.45, 7) is 12.1. The second kappa shape index (κ2) is 4.28. The highest BCUT2D eigenvalue weighted by Crippen LogP contribution is 2.31. The van der Waals surface area contributed by atoms with Crippen LogP contribution in [0.3, 0.4) is 0 Å². The van der Waals surface area contributed by atoms with Gasteiger partial charge < -0.3 is 4.90 Å². The third kappa shape index (κ3) is 3.18. The van der Waals surface area contributed by atoms with Gasteiger partial charge in [0.05, 0.1) is 6.54 Å². The van der Waals surface area contributed by atoms with Crippen molar-refractivity contribution >= 4 is 11.7 Å². The molecule has 1 aliphatic heterocycles. The Labute approximate surface area is 104 Å². The second-order valence-electron chi connectivity index (χ2n) is 6.67. The van der Waals surface area contributed by atoms with Gasteiger partial charge in [0.25, 0.3) is 5.91 Å². The predicted molar refractivity (Wildman–Crippen MR) is 68.6 cm³/mol. The maximum Gasteiger partial charge on any atom is 0.250 e. The molecule has 0 atom stereocenters. The van der Waals surface area contributed by atoms with Gasteiger partial charge in [-0.1, -0.05) is 26.8 Å². The highest BCUT2D eigenvalue weighted by molar-refractivity contribution is 6.00. The van der Waals surface area contributed by atoms with Crippen molar-refractivity contribution in [3.63, 3.8) is 0 Å². The second-order valence-corrected chi connectivity index (χ2v) is 6.67. The smallest absolute Gasteiger partial charge is 0.250 e. The molecule has 1 aliphatic rings. The number of hydrogen-bond donors (Lipinski definition) is 0. The molecule has 1 heterocycles. The minimum atomic E-state index is -0.318. The van der Waals surface area contributed by atoms with Gasteiger partial charge >= 0.3 is 0 Å². The Morgan fingerprint density at radius 3 is 2.00 bits per heavy atom. The quantitative estimate of drug-likeness (QED) is 0.649. The van der Waals surface area contributed by atoms with E-state index in [2.05, 4.69) is 0 Å². The zero-order valence-electron chi connectivity index (χ0n) is 11.8. The van der Waals surface area contributed by atoms with E-state index in [-0.39, 0.29) is 29.2 Å². The average Bonchev–Trinajstić information content (AvgIpc) is 2.23. The molecule has 96 valence electrons. The molecule has 1 amide bonds. The molecule has 0 aromatic rings. The third-order valence-electron chi connectivity index (χ3n) is 2.96. The molecule has 0 aromatic heterocycles. The molecule has 0 fully saturated rings. The Morgan fingerprint density at radius 2 is 1.59 bits per heavy atom. The Kier molecular flexibility index (Phi) is 3.51. The monoisotopic (exact) mass is 237 g/mol. The van der Waals surface area contributed by atoms with Gasteiger partial charge in [0.15, 0.2) is 5.78 Å². The molecule has 17 heavy (non-hydrogen) atoms. The van der Waals surface area contributed by atoms with E-state index in [4.69, 9.17) is 0 Å². The van der Waals surface area contributed by atoms with E-state index in [0.717, 1.165) is 5.57 Å². The lowest BCUT2D eigenvalue weighted by molar-refractivity contribution is -0.136. The van der Waals surface area contributed by atoms with Crippen molar-refractivity contribution < 1.29 is 9.59 Å². The van der Waals surface area contributed by atoms with Gasteiger partial charge in [-0.2, -0.15) is 0 Å². The number of allylic oxidation sites excluding steroid dienone is 1. The van der Waals surface area contributed by atoms with Crippen LogP contribution in [0.5, 0.6) is 0 Å². The Bertz CT molecular complexity index is 367. The van der Waals surface area contributed by atoms with Crippen molar-refractivity contribution in [2.75, 3.05) is 6.54 Å². The van der Waals surface area contributed by atoms with E-state index in [1.54, 1.807) is 11.0 Å². The van der Waals surface area contributed by atoms with Crippen molar-refractivity contribution in [1.82, 2.24) is 4.90 Å². The Morgan fingerprint density at radius 1 is 1.06 bits per heavy atom. The van der Waals surface area contributed by atoms with Crippen LogP contribution in [0.4, 0.5) is 0 Å². The zero-order valence-corrected chi connectivity index (χ0v) is 11.8. The number of ketones is 1. The number of amides is 1. The third-order valence-corrected chi connectivity index (χ3v) is 2.96. The summed E-state index contributed by atoms with van der Waals surface area (Å²) in [6, 6.07) is 0. The van der Waals surface area contributed by atoms with Crippen LogP contribution in [0, 0.1) is 5.41 Å². The molecular weight excluding hydrogens is 214 g/mol. The Balaban J connectivity index is 3.18. The SMILES string of the molecule is CC(C)(C)C1=CCC(=O)CN(C(C)(C)C)C1=O. The average molecular weight is 237 g/mol. The van der Waals surface area contributed by atoms with Crippen LogP contribution in [0.25, 0.3) is 0 Å². The standard InChI is InChI=1S/C14H23NO2/c1-13(2,3)11-8-7-10(16)9-15(12(11)17)14(4,5)6/h8H,7,9H2,1-6H3. The first-order valence-electron chi connectivity index (χ1n) is 6.08. The van der Waals surface area contributed by atoms with E-state index in [0.29, 0.717) is 6.42 Å². The molecule has 0 N–H and O–H groups in total. The summed E-state index contributed by atoms with van der Waals surface area (Å²) in [4.78, 5) is 25.9. The van der Waals surface area contributed by atoms with Crippen molar-refractivity contribution in [3.05, 3.63) is 11.6 Å². The normalized spacial score (nSPS) is 19.2. The molecule has 3 heteroatoms. The molecule has 0 saturated carbocycles. The molecule has 0 spiro atoms. The molecular formula is C14H23NO2. The van der Waals surface area contributed by atoms with Crippen LogP contribution >= 0.6 is 0 Å². The highest BCUT2D eigenvalue weighted by atomic mass is 16.2. The lowest BCUT2D eigenvalue weighted by Gasteiger charge is -2.37. The summed E-state index contributed by atoms with van der Waals surface area (Å²) >= 11 is 0. The van der Waals surface area contributed by atoms with Crippen LogP contribution in [0.2, 0.25) is 0 Å². The summed E-state index contributed by atoms with van der Waals surface area (Å²) in [5.74, 6) is 0.100. The van der Waals surface area contributed by atoms with Crippen molar-refractivity contribution in [3.8, 4) is 0 Å². The molecule has 3 nitrogen and oxygen atoms in total. The summed E-state index contributed by atoms with van der Waals surface area (Å²) in [5.41, 5.74) is 0.213. The topological polar surface area (TPSA) is 37.4 Å². The molecule has 0 aliphatic carbocycles. The predicted octanol–water partition coefficient (Wildman–Crippen LogP) is 2.56. The highest BCUT2D eigenvalue weighted by Gasteiger charge is 2.36. The van der Waals surface area contributed by atoms with E-state index < -0.39 is 0 Å². The van der Waals surface area contributed by atoms with Gasteiger partial charge in [-0.3, -0.25) is 9.59 Å². The van der Waals surface area contributed by atoms with Gasteiger partial charge in [-0.25, -0.2) is 0 Å². The van der Waals surface area contributed by atoms with E-state index in [1.807, 2.05) is 41.5 Å². The summed E-state index contributed by atoms with van der Waals surface area (Å²) in [6.07, 6.45) is 2.17.